The molecular weight excluding hydrogens is 518 g/mol. The van der Waals surface area contributed by atoms with Crippen LogP contribution in [0.15, 0.2) is 47.3 Å². The van der Waals surface area contributed by atoms with Crippen molar-refractivity contribution in [3.05, 3.63) is 64.1 Å². The van der Waals surface area contributed by atoms with Crippen molar-refractivity contribution < 1.29 is 28.5 Å². The second-order valence-electron chi connectivity index (χ2n) is 9.02. The van der Waals surface area contributed by atoms with Gasteiger partial charge in [0, 0.05) is 44.6 Å². The highest BCUT2D eigenvalue weighted by molar-refractivity contribution is 5.77. The molecule has 4 rings (SSSR count). The Morgan fingerprint density at radius 3 is 2.42 bits per heavy atom. The van der Waals surface area contributed by atoms with Gasteiger partial charge in [0.2, 0.25) is 5.91 Å². The second kappa shape index (κ2) is 13.5. The van der Waals surface area contributed by atoms with E-state index in [0.717, 1.165) is 11.3 Å². The summed E-state index contributed by atoms with van der Waals surface area (Å²) >= 11 is 0. The van der Waals surface area contributed by atoms with Crippen LogP contribution in [0.25, 0.3) is 11.4 Å². The quantitative estimate of drug-likeness (QED) is 0.403. The maximum atomic E-state index is 12.7. The third kappa shape index (κ3) is 7.07. The number of carbonyl (C=O) groups excluding carboxylic acids is 2. The molecular formula is C28H33N5O7. The summed E-state index contributed by atoms with van der Waals surface area (Å²) in [6, 6.07) is 12.8. The molecule has 0 bridgehead atoms. The molecule has 1 N–H and O–H groups in total. The Labute approximate surface area is 231 Å². The Hall–Kier alpha value is -4.61. The van der Waals surface area contributed by atoms with Crippen molar-refractivity contribution in [2.45, 2.75) is 26.4 Å². The van der Waals surface area contributed by atoms with Gasteiger partial charge >= 0.3 is 6.09 Å². The first kappa shape index (κ1) is 28.4. The fourth-order valence-electron chi connectivity index (χ4n) is 4.25. The molecule has 1 aliphatic heterocycles. The first-order chi connectivity index (χ1) is 19.4. The molecule has 1 aromatic heterocycles. The number of piperazine rings is 1. The smallest absolute Gasteiger partial charge is 0.409 e. The van der Waals surface area contributed by atoms with Gasteiger partial charge in [-0.25, -0.2) is 4.79 Å². The average molecular weight is 552 g/mol. The molecule has 212 valence electrons. The highest BCUT2D eigenvalue weighted by Gasteiger charge is 2.25. The lowest BCUT2D eigenvalue weighted by Gasteiger charge is -2.34. The summed E-state index contributed by atoms with van der Waals surface area (Å²) in [6.07, 6.45) is -0.103. The van der Waals surface area contributed by atoms with Crippen LogP contribution in [-0.4, -0.2) is 84.0 Å². The molecule has 0 saturated carbocycles. The maximum absolute atomic E-state index is 12.7. The van der Waals surface area contributed by atoms with Gasteiger partial charge in [-0.15, -0.1) is 10.2 Å². The first-order valence-electron chi connectivity index (χ1n) is 13.0. The lowest BCUT2D eigenvalue weighted by Crippen LogP contribution is -2.50. The number of hydrogen-bond acceptors (Lipinski definition) is 9. The van der Waals surface area contributed by atoms with Crippen LogP contribution in [-0.2, 0) is 22.6 Å². The molecule has 0 radical (unpaired) electrons. The van der Waals surface area contributed by atoms with Gasteiger partial charge in [0.25, 0.3) is 5.56 Å². The van der Waals surface area contributed by atoms with Crippen LogP contribution in [0.5, 0.6) is 17.2 Å². The van der Waals surface area contributed by atoms with E-state index in [0.29, 0.717) is 56.5 Å². The van der Waals surface area contributed by atoms with E-state index in [9.17, 15) is 14.4 Å². The summed E-state index contributed by atoms with van der Waals surface area (Å²) in [5.41, 5.74) is 1.29. The number of aromatic amines is 1. The van der Waals surface area contributed by atoms with Gasteiger partial charge in [-0.1, -0.05) is 12.1 Å². The van der Waals surface area contributed by atoms with Crippen LogP contribution >= 0.6 is 0 Å². The topological polar surface area (TPSA) is 136 Å². The summed E-state index contributed by atoms with van der Waals surface area (Å²) in [6.45, 7) is 4.03. The zero-order valence-electron chi connectivity index (χ0n) is 22.8. The Bertz CT molecular complexity index is 1390. The predicted octanol–water partition coefficient (Wildman–Crippen LogP) is 2.66. The van der Waals surface area contributed by atoms with Crippen molar-refractivity contribution in [2.75, 3.05) is 47.0 Å². The minimum absolute atomic E-state index is 0.108. The monoisotopic (exact) mass is 551 g/mol. The SMILES string of the molecule is CCOC(=O)N1CCN(C(=O)CCc2nnc(-c3ccc(OCc4cccc(OC)c4)c(OC)c3)[nH]c2=O)CC1. The lowest BCUT2D eigenvalue weighted by atomic mass is 10.1. The van der Waals surface area contributed by atoms with E-state index in [4.69, 9.17) is 18.9 Å². The van der Waals surface area contributed by atoms with Crippen LogP contribution in [0.4, 0.5) is 4.79 Å². The van der Waals surface area contributed by atoms with Gasteiger partial charge in [0.1, 0.15) is 18.1 Å². The van der Waals surface area contributed by atoms with Crippen LogP contribution < -0.4 is 19.8 Å². The number of rotatable bonds is 10. The van der Waals surface area contributed by atoms with E-state index in [1.807, 2.05) is 24.3 Å². The molecule has 0 unspecified atom stereocenters. The number of aromatic nitrogens is 3. The number of hydrogen-bond donors (Lipinski definition) is 1. The van der Waals surface area contributed by atoms with E-state index < -0.39 is 5.56 Å². The van der Waals surface area contributed by atoms with Crippen LogP contribution in [0.2, 0.25) is 0 Å². The minimum Gasteiger partial charge on any atom is -0.497 e. The average Bonchev–Trinajstić information content (AvgIpc) is 2.99. The normalized spacial score (nSPS) is 13.1. The van der Waals surface area contributed by atoms with E-state index in [1.54, 1.807) is 42.0 Å². The number of methoxy groups -OCH3 is 2. The molecule has 1 aliphatic rings. The third-order valence-corrected chi connectivity index (χ3v) is 6.46. The summed E-state index contributed by atoms with van der Waals surface area (Å²) in [7, 11) is 3.14. The Kier molecular flexibility index (Phi) is 9.55. The second-order valence-corrected chi connectivity index (χ2v) is 9.02. The van der Waals surface area contributed by atoms with E-state index in [2.05, 4.69) is 15.2 Å². The molecule has 40 heavy (non-hydrogen) atoms. The molecule has 1 fully saturated rings. The molecule has 2 heterocycles. The van der Waals surface area contributed by atoms with Crippen LogP contribution in [0.1, 0.15) is 24.6 Å². The molecule has 1 saturated heterocycles. The van der Waals surface area contributed by atoms with Gasteiger partial charge in [-0.2, -0.15) is 0 Å². The fraction of sp³-hybridized carbons (Fsp3) is 0.393. The Morgan fingerprint density at radius 2 is 1.73 bits per heavy atom. The van der Waals surface area contributed by atoms with Crippen molar-refractivity contribution in [3.8, 4) is 28.6 Å². The number of benzene rings is 2. The zero-order chi connectivity index (χ0) is 28.5. The van der Waals surface area contributed by atoms with Gasteiger partial charge in [0.05, 0.1) is 20.8 Å². The highest BCUT2D eigenvalue weighted by Crippen LogP contribution is 2.32. The van der Waals surface area contributed by atoms with E-state index >= 15 is 0 Å². The fourth-order valence-corrected chi connectivity index (χ4v) is 4.25. The Balaban J connectivity index is 1.34. The number of nitrogens with zero attached hydrogens (tertiary/aromatic N) is 4. The molecule has 0 spiro atoms. The van der Waals surface area contributed by atoms with Crippen molar-refractivity contribution in [3.63, 3.8) is 0 Å². The molecule has 12 nitrogen and oxygen atoms in total. The number of ether oxygens (including phenoxy) is 4. The largest absolute Gasteiger partial charge is 0.497 e. The van der Waals surface area contributed by atoms with Gasteiger partial charge in [-0.3, -0.25) is 9.59 Å². The molecule has 12 heteroatoms. The molecule has 2 amide bonds. The lowest BCUT2D eigenvalue weighted by molar-refractivity contribution is -0.132. The van der Waals surface area contributed by atoms with Gasteiger partial charge in [-0.05, 0) is 42.8 Å². The first-order valence-corrected chi connectivity index (χ1v) is 13.0. The van der Waals surface area contributed by atoms with E-state index in [-0.39, 0.29) is 36.4 Å². The summed E-state index contributed by atoms with van der Waals surface area (Å²) in [4.78, 5) is 43.2. The van der Waals surface area contributed by atoms with Crippen LogP contribution in [0, 0.1) is 0 Å². The zero-order valence-corrected chi connectivity index (χ0v) is 22.8. The van der Waals surface area contributed by atoms with Crippen molar-refractivity contribution in [1.29, 1.82) is 0 Å². The molecule has 3 aromatic rings. The Morgan fingerprint density at radius 1 is 0.950 bits per heavy atom. The standard InChI is InChI=1S/C28H33N5O7/c1-4-39-28(36)33-14-12-32(13-15-33)25(34)11-9-22-27(35)29-26(31-30-22)20-8-10-23(24(17-20)38-3)40-18-19-6-5-7-21(16-19)37-2/h5-8,10,16-17H,4,9,11-15,18H2,1-3H3,(H,29,31,35). The van der Waals surface area contributed by atoms with Crippen LogP contribution in [0.3, 0.4) is 0 Å². The van der Waals surface area contributed by atoms with Crippen molar-refractivity contribution >= 4 is 12.0 Å². The number of nitrogens with one attached hydrogen (secondary N) is 1. The van der Waals surface area contributed by atoms with Gasteiger partial charge < -0.3 is 33.7 Å². The van der Waals surface area contributed by atoms with Gasteiger partial charge in [0.15, 0.2) is 17.3 Å². The molecule has 0 aliphatic carbocycles. The predicted molar refractivity (Wildman–Crippen MR) is 145 cm³/mol. The number of carbonyl (C=O) groups is 2. The number of H-pyrrole nitrogens is 1. The summed E-state index contributed by atoms with van der Waals surface area (Å²) in [5.74, 6) is 1.91. The van der Waals surface area contributed by atoms with Crippen molar-refractivity contribution in [2.24, 2.45) is 0 Å². The number of amides is 2. The van der Waals surface area contributed by atoms with E-state index in [1.165, 1.54) is 7.11 Å². The minimum atomic E-state index is -0.415. The third-order valence-electron chi connectivity index (χ3n) is 6.46. The number of aryl methyl sites for hydroxylation is 1. The highest BCUT2D eigenvalue weighted by atomic mass is 16.6. The maximum Gasteiger partial charge on any atom is 0.409 e. The molecule has 2 aromatic carbocycles. The molecule has 0 atom stereocenters. The summed E-state index contributed by atoms with van der Waals surface area (Å²) in [5, 5.41) is 8.25. The van der Waals surface area contributed by atoms with Crippen molar-refractivity contribution in [1.82, 2.24) is 25.0 Å². The summed E-state index contributed by atoms with van der Waals surface area (Å²) < 4.78 is 21.7.